The van der Waals surface area contributed by atoms with Gasteiger partial charge in [0.1, 0.15) is 9.96 Å². The molecule has 1 aliphatic rings. The zero-order valence-electron chi connectivity index (χ0n) is 15.8. The smallest absolute Gasteiger partial charge is 0.250 e. The number of hydrogen-bond acceptors (Lipinski definition) is 6. The summed E-state index contributed by atoms with van der Waals surface area (Å²) in [6.07, 6.45) is 0.153. The molecule has 1 N–H and O–H groups in total. The molecule has 0 radical (unpaired) electrons. The number of nitrogens with one attached hydrogen (secondary N) is 1. The van der Waals surface area contributed by atoms with E-state index in [1.807, 2.05) is 31.2 Å². The Morgan fingerprint density at radius 1 is 1.14 bits per heavy atom. The van der Waals surface area contributed by atoms with Crippen LogP contribution in [0.5, 0.6) is 5.75 Å². The summed E-state index contributed by atoms with van der Waals surface area (Å²) in [5.74, 6) is 0.819. The largest absolute Gasteiger partial charge is 0.492 e. The third kappa shape index (κ3) is 5.03. The average Bonchev–Trinajstić information content (AvgIpc) is 3.25. The molecule has 0 spiro atoms. The fraction of sp³-hybridized carbons (Fsp3) is 0.421. The average molecular weight is 424 g/mol. The van der Waals surface area contributed by atoms with E-state index in [1.54, 1.807) is 22.4 Å². The van der Waals surface area contributed by atoms with Crippen molar-refractivity contribution in [2.45, 2.75) is 17.6 Å². The lowest BCUT2D eigenvalue weighted by Crippen LogP contribution is -2.49. The van der Waals surface area contributed by atoms with E-state index in [2.05, 4.69) is 9.62 Å². The van der Waals surface area contributed by atoms with E-state index in [1.165, 1.54) is 0 Å². The predicted molar refractivity (Wildman–Crippen MR) is 111 cm³/mol. The molecule has 2 heterocycles. The van der Waals surface area contributed by atoms with Crippen molar-refractivity contribution in [2.75, 3.05) is 44.2 Å². The Morgan fingerprint density at radius 2 is 1.89 bits per heavy atom. The van der Waals surface area contributed by atoms with Crippen molar-refractivity contribution in [1.29, 1.82) is 0 Å². The lowest BCUT2D eigenvalue weighted by molar-refractivity contribution is -0.131. The van der Waals surface area contributed by atoms with Gasteiger partial charge in [-0.05, 0) is 30.5 Å². The SMILES string of the molecule is CCOc1ccccc1N1CCN(C(=O)CCNS(=O)(=O)c2cccs2)CC1. The number of hydrogen-bond donors (Lipinski definition) is 1. The van der Waals surface area contributed by atoms with Gasteiger partial charge in [0.05, 0.1) is 12.3 Å². The number of amides is 1. The number of rotatable bonds is 8. The van der Waals surface area contributed by atoms with Gasteiger partial charge in [-0.15, -0.1) is 11.3 Å². The highest BCUT2D eigenvalue weighted by atomic mass is 32.2. The standard InChI is InChI=1S/C19H25N3O4S2/c1-2-26-17-7-4-3-6-16(17)21-11-13-22(14-12-21)18(23)9-10-20-28(24,25)19-8-5-15-27-19/h3-8,15,20H,2,9-14H2,1H3. The highest BCUT2D eigenvalue weighted by Gasteiger charge is 2.23. The molecule has 1 amide bonds. The van der Waals surface area contributed by atoms with Crippen LogP contribution in [0.25, 0.3) is 0 Å². The zero-order chi connectivity index (χ0) is 20.0. The first-order chi connectivity index (χ1) is 13.5. The van der Waals surface area contributed by atoms with Gasteiger partial charge in [0.25, 0.3) is 0 Å². The van der Waals surface area contributed by atoms with Crippen LogP contribution in [0.1, 0.15) is 13.3 Å². The molecule has 28 heavy (non-hydrogen) atoms. The Kier molecular flexibility index (Phi) is 6.93. The fourth-order valence-electron chi connectivity index (χ4n) is 3.13. The third-order valence-electron chi connectivity index (χ3n) is 4.53. The molecule has 1 aliphatic heterocycles. The van der Waals surface area contributed by atoms with Crippen molar-refractivity contribution >= 4 is 33.0 Å². The molecular formula is C19H25N3O4S2. The van der Waals surface area contributed by atoms with Crippen LogP contribution in [0.3, 0.4) is 0 Å². The van der Waals surface area contributed by atoms with Crippen molar-refractivity contribution in [3.8, 4) is 5.75 Å². The lowest BCUT2D eigenvalue weighted by atomic mass is 10.2. The first kappa shape index (κ1) is 20.6. The number of para-hydroxylation sites is 2. The molecule has 0 saturated carbocycles. The molecule has 7 nitrogen and oxygen atoms in total. The maximum atomic E-state index is 12.4. The van der Waals surface area contributed by atoms with Gasteiger partial charge >= 0.3 is 0 Å². The van der Waals surface area contributed by atoms with E-state index < -0.39 is 10.0 Å². The van der Waals surface area contributed by atoms with Crippen molar-refractivity contribution in [1.82, 2.24) is 9.62 Å². The van der Waals surface area contributed by atoms with Gasteiger partial charge in [-0.25, -0.2) is 13.1 Å². The second kappa shape index (κ2) is 9.40. The molecule has 0 unspecified atom stereocenters. The normalized spacial score (nSPS) is 14.9. The number of benzene rings is 1. The summed E-state index contributed by atoms with van der Waals surface area (Å²) in [5.41, 5.74) is 1.04. The number of carbonyl (C=O) groups is 1. The van der Waals surface area contributed by atoms with Crippen LogP contribution in [0.4, 0.5) is 5.69 Å². The summed E-state index contributed by atoms with van der Waals surface area (Å²) in [6, 6.07) is 11.2. The van der Waals surface area contributed by atoms with Crippen LogP contribution in [0.15, 0.2) is 46.0 Å². The number of ether oxygens (including phenoxy) is 1. The summed E-state index contributed by atoms with van der Waals surface area (Å²) in [5, 5.41) is 1.71. The molecule has 2 aromatic rings. The second-order valence-electron chi connectivity index (χ2n) is 6.35. The van der Waals surface area contributed by atoms with Gasteiger partial charge in [0.2, 0.25) is 15.9 Å². The Balaban J connectivity index is 1.48. The molecule has 0 aliphatic carbocycles. The quantitative estimate of drug-likeness (QED) is 0.704. The van der Waals surface area contributed by atoms with Gasteiger partial charge in [-0.2, -0.15) is 0 Å². The molecule has 152 valence electrons. The highest BCUT2D eigenvalue weighted by molar-refractivity contribution is 7.91. The van der Waals surface area contributed by atoms with Crippen LogP contribution in [0, 0.1) is 0 Å². The van der Waals surface area contributed by atoms with Gasteiger partial charge < -0.3 is 14.5 Å². The number of anilines is 1. The molecule has 0 bridgehead atoms. The summed E-state index contributed by atoms with van der Waals surface area (Å²) in [6.45, 7) is 5.32. The minimum atomic E-state index is -3.52. The minimum Gasteiger partial charge on any atom is -0.492 e. The summed E-state index contributed by atoms with van der Waals surface area (Å²) >= 11 is 1.16. The van der Waals surface area contributed by atoms with E-state index in [4.69, 9.17) is 4.74 Å². The number of carbonyl (C=O) groups excluding carboxylic acids is 1. The first-order valence-electron chi connectivity index (χ1n) is 9.29. The summed E-state index contributed by atoms with van der Waals surface area (Å²) in [4.78, 5) is 16.4. The minimum absolute atomic E-state index is 0.0355. The molecular weight excluding hydrogens is 398 g/mol. The first-order valence-corrected chi connectivity index (χ1v) is 11.7. The van der Waals surface area contributed by atoms with Crippen LogP contribution in [0.2, 0.25) is 0 Å². The molecule has 1 aromatic heterocycles. The van der Waals surface area contributed by atoms with Gasteiger partial charge in [0.15, 0.2) is 0 Å². The van der Waals surface area contributed by atoms with Crippen molar-refractivity contribution in [3.05, 3.63) is 41.8 Å². The third-order valence-corrected chi connectivity index (χ3v) is 7.39. The molecule has 1 aromatic carbocycles. The zero-order valence-corrected chi connectivity index (χ0v) is 17.5. The molecule has 9 heteroatoms. The number of nitrogens with zero attached hydrogens (tertiary/aromatic N) is 2. The lowest BCUT2D eigenvalue weighted by Gasteiger charge is -2.36. The van der Waals surface area contributed by atoms with Crippen LogP contribution in [-0.4, -0.2) is 58.6 Å². The number of piperazine rings is 1. The van der Waals surface area contributed by atoms with Gasteiger partial charge in [-0.3, -0.25) is 4.79 Å². The van der Waals surface area contributed by atoms with Crippen molar-refractivity contribution in [3.63, 3.8) is 0 Å². The van der Waals surface area contributed by atoms with E-state index in [9.17, 15) is 13.2 Å². The van der Waals surface area contributed by atoms with Crippen LogP contribution >= 0.6 is 11.3 Å². The maximum Gasteiger partial charge on any atom is 0.250 e. The Bertz CT molecular complexity index is 876. The van der Waals surface area contributed by atoms with Gasteiger partial charge in [0, 0.05) is 39.1 Å². The molecule has 3 rings (SSSR count). The number of thiophene rings is 1. The van der Waals surface area contributed by atoms with Gasteiger partial charge in [-0.1, -0.05) is 18.2 Å². The Morgan fingerprint density at radius 3 is 2.57 bits per heavy atom. The van der Waals surface area contributed by atoms with Crippen LogP contribution in [-0.2, 0) is 14.8 Å². The van der Waals surface area contributed by atoms with Crippen molar-refractivity contribution in [2.24, 2.45) is 0 Å². The van der Waals surface area contributed by atoms with E-state index in [0.717, 1.165) is 35.9 Å². The van der Waals surface area contributed by atoms with E-state index in [-0.39, 0.29) is 23.1 Å². The second-order valence-corrected chi connectivity index (χ2v) is 9.29. The molecule has 1 saturated heterocycles. The van der Waals surface area contributed by atoms with Crippen LogP contribution < -0.4 is 14.4 Å². The predicted octanol–water partition coefficient (Wildman–Crippen LogP) is 2.16. The molecule has 0 atom stereocenters. The maximum absolute atomic E-state index is 12.4. The van der Waals surface area contributed by atoms with E-state index >= 15 is 0 Å². The Labute approximate surface area is 170 Å². The van der Waals surface area contributed by atoms with Crippen molar-refractivity contribution < 1.29 is 17.9 Å². The highest BCUT2D eigenvalue weighted by Crippen LogP contribution is 2.28. The number of sulfonamides is 1. The Hall–Kier alpha value is -2.10. The monoisotopic (exact) mass is 423 g/mol. The topological polar surface area (TPSA) is 79.0 Å². The summed E-state index contributed by atoms with van der Waals surface area (Å²) < 4.78 is 32.6. The fourth-order valence-corrected chi connectivity index (χ4v) is 5.20. The van der Waals surface area contributed by atoms with E-state index in [0.29, 0.717) is 19.7 Å². The molecule has 1 fully saturated rings. The summed E-state index contributed by atoms with van der Waals surface area (Å²) in [7, 11) is -3.52.